The Labute approximate surface area is 301 Å². The van der Waals surface area contributed by atoms with Crippen LogP contribution in [0, 0.1) is 6.92 Å². The molecule has 3 N–H and O–H groups in total. The number of aliphatic hydroxyl groups excluding tert-OH is 1. The topological polar surface area (TPSA) is 128 Å². The summed E-state index contributed by atoms with van der Waals surface area (Å²) in [4.78, 5) is 39.7. The van der Waals surface area contributed by atoms with Gasteiger partial charge in [-0.05, 0) is 59.9 Å². The summed E-state index contributed by atoms with van der Waals surface area (Å²) >= 11 is 0. The van der Waals surface area contributed by atoms with Gasteiger partial charge in [0.05, 0.1) is 6.10 Å². The predicted molar refractivity (Wildman–Crippen MR) is 200 cm³/mol. The third kappa shape index (κ3) is 32.0. The van der Waals surface area contributed by atoms with E-state index in [2.05, 4.69) is 20.8 Å². The molecule has 0 heterocycles. The molecule has 3 atom stereocenters. The van der Waals surface area contributed by atoms with Gasteiger partial charge in [0.25, 0.3) is 0 Å². The normalized spacial score (nSPS) is 13.7. The fraction of sp³-hybridized carbons (Fsp3) is 0.900. The van der Waals surface area contributed by atoms with Crippen molar-refractivity contribution < 1.29 is 33.7 Å². The van der Waals surface area contributed by atoms with Crippen LogP contribution in [0.15, 0.2) is 0 Å². The fourth-order valence-corrected chi connectivity index (χ4v) is 5.82. The first-order valence-electron chi connectivity index (χ1n) is 19.9. The van der Waals surface area contributed by atoms with Crippen LogP contribution < -0.4 is 5.73 Å². The Kier molecular flexibility index (Phi) is 30.0. The highest BCUT2D eigenvalue weighted by Crippen LogP contribution is 2.15. The summed E-state index contributed by atoms with van der Waals surface area (Å²) in [6, 6.07) is -0.703. The van der Waals surface area contributed by atoms with Crippen LogP contribution in [-0.4, -0.2) is 78.0 Å². The second-order valence-electron chi connectivity index (χ2n) is 15.0. The fourth-order valence-electron chi connectivity index (χ4n) is 5.82. The zero-order valence-corrected chi connectivity index (χ0v) is 32.5. The van der Waals surface area contributed by atoms with Gasteiger partial charge in [-0.3, -0.25) is 19.3 Å². The Bertz CT molecular complexity index is 815. The number of nitrogens with two attached hydrogens (primary N) is 1. The van der Waals surface area contributed by atoms with E-state index in [4.69, 9.17) is 19.9 Å². The van der Waals surface area contributed by atoms with E-state index in [-0.39, 0.29) is 25.1 Å². The largest absolute Gasteiger partial charge is 0.462 e. The number of hydrogen-bond acceptors (Lipinski definition) is 9. The first-order chi connectivity index (χ1) is 23.4. The Morgan fingerprint density at radius 3 is 1.63 bits per heavy atom. The molecule has 0 aromatic heterocycles. The predicted octanol–water partition coefficient (Wildman–Crippen LogP) is 8.62. The molecule has 0 aromatic rings. The first-order valence-corrected chi connectivity index (χ1v) is 19.9. The quantitative estimate of drug-likeness (QED) is 0.0393. The molecule has 0 aliphatic heterocycles. The van der Waals surface area contributed by atoms with Crippen molar-refractivity contribution in [2.75, 3.05) is 26.2 Å². The van der Waals surface area contributed by atoms with Crippen LogP contribution in [0.25, 0.3) is 0 Å². The maximum absolute atomic E-state index is 12.9. The third-order valence-electron chi connectivity index (χ3n) is 8.58. The number of aliphatic hydroxyl groups is 1. The summed E-state index contributed by atoms with van der Waals surface area (Å²) in [5.41, 5.74) is 5.46. The van der Waals surface area contributed by atoms with Crippen LogP contribution in [-0.2, 0) is 28.6 Å². The van der Waals surface area contributed by atoms with Gasteiger partial charge in [0.1, 0.15) is 24.4 Å². The molecule has 0 saturated heterocycles. The van der Waals surface area contributed by atoms with Crippen molar-refractivity contribution in [2.24, 2.45) is 5.73 Å². The van der Waals surface area contributed by atoms with E-state index in [0.29, 0.717) is 45.2 Å². The van der Waals surface area contributed by atoms with E-state index in [0.717, 1.165) is 38.5 Å². The highest BCUT2D eigenvalue weighted by Gasteiger charge is 2.24. The monoisotopic (exact) mass is 698 g/mol. The maximum Gasteiger partial charge on any atom is 0.323 e. The van der Waals surface area contributed by atoms with E-state index in [1.165, 1.54) is 77.0 Å². The van der Waals surface area contributed by atoms with E-state index in [1.54, 1.807) is 0 Å². The summed E-state index contributed by atoms with van der Waals surface area (Å²) in [5, 5.41) is 10.1. The Balaban J connectivity index is 4.93. The number of carbonyl (C=O) groups excluding carboxylic acids is 3. The van der Waals surface area contributed by atoms with E-state index in [1.807, 2.05) is 25.7 Å². The number of nitrogens with zero attached hydrogens (tertiary/aromatic N) is 1. The number of ether oxygens (including phenoxy) is 3. The molecule has 0 bridgehead atoms. The van der Waals surface area contributed by atoms with Gasteiger partial charge in [0.15, 0.2) is 0 Å². The average molecular weight is 698 g/mol. The number of hydrogen-bond donors (Lipinski definition) is 2. The van der Waals surface area contributed by atoms with Crippen LogP contribution >= 0.6 is 0 Å². The van der Waals surface area contributed by atoms with Crippen molar-refractivity contribution >= 4 is 17.9 Å². The minimum absolute atomic E-state index is 0.0208. The molecule has 0 fully saturated rings. The molecule has 0 rings (SSSR count). The lowest BCUT2D eigenvalue weighted by Crippen LogP contribution is -2.42. The van der Waals surface area contributed by atoms with Crippen molar-refractivity contribution in [2.45, 2.75) is 206 Å². The van der Waals surface area contributed by atoms with Gasteiger partial charge in [-0.25, -0.2) is 0 Å². The summed E-state index contributed by atoms with van der Waals surface area (Å²) < 4.78 is 16.9. The highest BCUT2D eigenvalue weighted by atomic mass is 16.6. The van der Waals surface area contributed by atoms with Gasteiger partial charge in [0, 0.05) is 25.9 Å². The molecule has 289 valence electrons. The molecule has 0 aliphatic rings. The van der Waals surface area contributed by atoms with Crippen molar-refractivity contribution in [3.63, 3.8) is 0 Å². The summed E-state index contributed by atoms with van der Waals surface area (Å²) in [7, 11) is 0. The van der Waals surface area contributed by atoms with Gasteiger partial charge < -0.3 is 25.1 Å². The minimum Gasteiger partial charge on any atom is -0.462 e. The van der Waals surface area contributed by atoms with Gasteiger partial charge in [-0.1, -0.05) is 123 Å². The van der Waals surface area contributed by atoms with E-state index >= 15 is 0 Å². The van der Waals surface area contributed by atoms with Crippen LogP contribution in [0.1, 0.15) is 182 Å². The second kappa shape index (κ2) is 31.1. The molecule has 0 amide bonds. The number of rotatable bonds is 33. The molecule has 3 unspecified atom stereocenters. The molecular weight excluding hydrogens is 620 g/mol. The zero-order valence-electron chi connectivity index (χ0n) is 32.5. The minimum atomic E-state index is -0.837. The molecule has 9 nitrogen and oxygen atoms in total. The molecule has 1 radical (unpaired) electrons. The average Bonchev–Trinajstić information content (AvgIpc) is 3.02. The smallest absolute Gasteiger partial charge is 0.323 e. The Morgan fingerprint density at radius 1 is 0.694 bits per heavy atom. The van der Waals surface area contributed by atoms with E-state index in [9.17, 15) is 19.5 Å². The van der Waals surface area contributed by atoms with Crippen LogP contribution in [0.3, 0.4) is 0 Å². The van der Waals surface area contributed by atoms with Crippen LogP contribution in [0.2, 0.25) is 0 Å². The molecule has 0 aliphatic carbocycles. The molecule has 0 aromatic carbocycles. The van der Waals surface area contributed by atoms with Gasteiger partial charge in [0.2, 0.25) is 0 Å². The third-order valence-corrected chi connectivity index (χ3v) is 8.58. The number of esters is 3. The molecular formula is C40H77N2O7. The van der Waals surface area contributed by atoms with Gasteiger partial charge in [-0.2, -0.15) is 0 Å². The zero-order chi connectivity index (χ0) is 36.8. The standard InChI is InChI=1S/C40H77N2O7/c1-7-9-11-13-15-17-19-21-23-28-37(44)47-33-35(48-38(45)29-24-22-20-18-16-14-12-10-8-2)32-42(31-34(3)43)30-26-25-27-36(41)39(46)49-40(4,5)6/h34-36,43H,3,7-33,41H2,1-2,4-6H3. The molecule has 0 spiro atoms. The molecule has 0 saturated carbocycles. The van der Waals surface area contributed by atoms with E-state index < -0.39 is 29.8 Å². The second-order valence-corrected chi connectivity index (χ2v) is 15.0. The van der Waals surface area contributed by atoms with Crippen molar-refractivity contribution in [3.05, 3.63) is 6.92 Å². The summed E-state index contributed by atoms with van der Waals surface area (Å²) in [5.74, 6) is -0.982. The summed E-state index contributed by atoms with van der Waals surface area (Å²) in [6.07, 6.45) is 22.1. The SMILES string of the molecule is [CH2]C(O)CN(CCCCC(N)C(=O)OC(C)(C)C)CC(COC(=O)CCCCCCCCCCC)OC(=O)CCCCCCCCCCC. The molecule has 49 heavy (non-hydrogen) atoms. The van der Waals surface area contributed by atoms with Gasteiger partial charge >= 0.3 is 17.9 Å². The lowest BCUT2D eigenvalue weighted by Gasteiger charge is -2.28. The number of unbranched alkanes of at least 4 members (excludes halogenated alkanes) is 17. The van der Waals surface area contributed by atoms with Crippen molar-refractivity contribution in [1.82, 2.24) is 4.90 Å². The number of carbonyl (C=O) groups is 3. The Hall–Kier alpha value is -1.71. The van der Waals surface area contributed by atoms with Crippen LogP contribution in [0.5, 0.6) is 0 Å². The summed E-state index contributed by atoms with van der Waals surface area (Å²) in [6.45, 7) is 14.8. The first kappa shape index (κ1) is 47.3. The van der Waals surface area contributed by atoms with Crippen molar-refractivity contribution in [1.29, 1.82) is 0 Å². The molecule has 9 heteroatoms. The maximum atomic E-state index is 12.9. The van der Waals surface area contributed by atoms with Crippen LogP contribution in [0.4, 0.5) is 0 Å². The lowest BCUT2D eigenvalue weighted by atomic mass is 10.1. The highest BCUT2D eigenvalue weighted by molar-refractivity contribution is 5.75. The lowest BCUT2D eigenvalue weighted by molar-refractivity contribution is -0.160. The van der Waals surface area contributed by atoms with Gasteiger partial charge in [-0.15, -0.1) is 0 Å². The Morgan fingerprint density at radius 2 is 1.16 bits per heavy atom. The van der Waals surface area contributed by atoms with Crippen molar-refractivity contribution in [3.8, 4) is 0 Å².